The summed E-state index contributed by atoms with van der Waals surface area (Å²) in [6, 6.07) is 9.38. The molecule has 0 bridgehead atoms. The van der Waals surface area contributed by atoms with Crippen molar-refractivity contribution in [3.05, 3.63) is 70.2 Å². The highest BCUT2D eigenvalue weighted by molar-refractivity contribution is 6.30. The second kappa shape index (κ2) is 6.01. The van der Waals surface area contributed by atoms with Gasteiger partial charge in [0.1, 0.15) is 11.6 Å². The van der Waals surface area contributed by atoms with E-state index in [1.54, 1.807) is 31.2 Å². The van der Waals surface area contributed by atoms with E-state index < -0.39 is 17.5 Å². The largest absolute Gasteiger partial charge is 0.346 e. The standard InChI is InChI=1S/C15H12ClF2NO/c1-9(10-2-4-12(16)5-3-10)19-15(20)11-6-13(17)8-14(18)7-11/h2-9H,1H3,(H,19,20)/t9-/m0/s1. The number of carbonyl (C=O) groups is 1. The van der Waals surface area contributed by atoms with Gasteiger partial charge in [-0.15, -0.1) is 0 Å². The van der Waals surface area contributed by atoms with Gasteiger partial charge in [-0.05, 0) is 36.8 Å². The van der Waals surface area contributed by atoms with Gasteiger partial charge in [0.05, 0.1) is 6.04 Å². The average molecular weight is 296 g/mol. The van der Waals surface area contributed by atoms with E-state index in [1.165, 1.54) is 0 Å². The van der Waals surface area contributed by atoms with Gasteiger partial charge in [-0.2, -0.15) is 0 Å². The van der Waals surface area contributed by atoms with Crippen LogP contribution >= 0.6 is 11.6 Å². The highest BCUT2D eigenvalue weighted by atomic mass is 35.5. The number of hydrogen-bond acceptors (Lipinski definition) is 1. The normalized spacial score (nSPS) is 12.0. The van der Waals surface area contributed by atoms with E-state index in [1.807, 2.05) is 0 Å². The SMILES string of the molecule is C[C@H](NC(=O)c1cc(F)cc(F)c1)c1ccc(Cl)cc1. The maximum absolute atomic E-state index is 13.1. The molecule has 0 aliphatic carbocycles. The minimum atomic E-state index is -0.783. The van der Waals surface area contributed by atoms with Crippen molar-refractivity contribution in [1.82, 2.24) is 5.32 Å². The molecule has 1 amide bonds. The van der Waals surface area contributed by atoms with E-state index >= 15 is 0 Å². The Kier molecular flexibility index (Phi) is 4.35. The van der Waals surface area contributed by atoms with Gasteiger partial charge in [0, 0.05) is 16.7 Å². The van der Waals surface area contributed by atoms with Crippen LogP contribution in [0.3, 0.4) is 0 Å². The highest BCUT2D eigenvalue weighted by Gasteiger charge is 2.13. The Labute approximate surface area is 120 Å². The van der Waals surface area contributed by atoms with Crippen LogP contribution < -0.4 is 5.32 Å². The number of benzene rings is 2. The molecule has 20 heavy (non-hydrogen) atoms. The zero-order chi connectivity index (χ0) is 14.7. The van der Waals surface area contributed by atoms with Crippen molar-refractivity contribution in [1.29, 1.82) is 0 Å². The zero-order valence-corrected chi connectivity index (χ0v) is 11.4. The number of amides is 1. The summed E-state index contributed by atoms with van der Waals surface area (Å²) in [7, 11) is 0. The number of rotatable bonds is 3. The van der Waals surface area contributed by atoms with E-state index in [0.29, 0.717) is 5.02 Å². The van der Waals surface area contributed by atoms with Crippen LogP contribution in [0.15, 0.2) is 42.5 Å². The molecule has 2 aromatic rings. The Hall–Kier alpha value is -1.94. The smallest absolute Gasteiger partial charge is 0.251 e. The minimum Gasteiger partial charge on any atom is -0.346 e. The quantitative estimate of drug-likeness (QED) is 0.907. The summed E-state index contributed by atoms with van der Waals surface area (Å²) in [6.45, 7) is 1.77. The average Bonchev–Trinajstić information content (AvgIpc) is 2.38. The summed E-state index contributed by atoms with van der Waals surface area (Å²) < 4.78 is 26.1. The topological polar surface area (TPSA) is 29.1 Å². The first-order valence-corrected chi connectivity index (χ1v) is 6.36. The molecule has 0 saturated heterocycles. The summed E-state index contributed by atoms with van der Waals surface area (Å²) in [4.78, 5) is 11.9. The van der Waals surface area contributed by atoms with Crippen LogP contribution in [0.1, 0.15) is 28.9 Å². The third-order valence-corrected chi connectivity index (χ3v) is 3.09. The van der Waals surface area contributed by atoms with Gasteiger partial charge in [0.2, 0.25) is 0 Å². The van der Waals surface area contributed by atoms with E-state index in [2.05, 4.69) is 5.32 Å². The molecule has 1 N–H and O–H groups in total. The van der Waals surface area contributed by atoms with Crippen molar-refractivity contribution in [2.75, 3.05) is 0 Å². The lowest BCUT2D eigenvalue weighted by Crippen LogP contribution is -2.26. The molecule has 104 valence electrons. The van der Waals surface area contributed by atoms with Crippen molar-refractivity contribution in [3.8, 4) is 0 Å². The number of nitrogens with one attached hydrogen (secondary N) is 1. The first-order chi connectivity index (χ1) is 9.45. The Balaban J connectivity index is 2.12. The van der Waals surface area contributed by atoms with E-state index in [-0.39, 0.29) is 11.6 Å². The fraction of sp³-hybridized carbons (Fsp3) is 0.133. The lowest BCUT2D eigenvalue weighted by atomic mass is 10.1. The number of hydrogen-bond donors (Lipinski definition) is 1. The third kappa shape index (κ3) is 3.54. The molecule has 0 aliphatic rings. The predicted octanol–water partition coefficient (Wildman–Crippen LogP) is 4.11. The van der Waals surface area contributed by atoms with Gasteiger partial charge in [0.25, 0.3) is 5.91 Å². The van der Waals surface area contributed by atoms with Crippen LogP contribution in [0.2, 0.25) is 5.02 Å². The van der Waals surface area contributed by atoms with Crippen LogP contribution in [0.25, 0.3) is 0 Å². The fourth-order valence-electron chi connectivity index (χ4n) is 1.80. The first kappa shape index (κ1) is 14.5. The van der Waals surface area contributed by atoms with E-state index in [9.17, 15) is 13.6 Å². The summed E-state index contributed by atoms with van der Waals surface area (Å²) in [6.07, 6.45) is 0. The van der Waals surface area contributed by atoms with Crippen LogP contribution in [0.4, 0.5) is 8.78 Å². The van der Waals surface area contributed by atoms with E-state index in [4.69, 9.17) is 11.6 Å². The lowest BCUT2D eigenvalue weighted by molar-refractivity contribution is 0.0939. The Bertz CT molecular complexity index is 608. The van der Waals surface area contributed by atoms with Crippen LogP contribution in [-0.2, 0) is 0 Å². The Morgan fingerprint density at radius 1 is 1.10 bits per heavy atom. The van der Waals surface area contributed by atoms with Crippen molar-refractivity contribution in [3.63, 3.8) is 0 Å². The third-order valence-electron chi connectivity index (χ3n) is 2.84. The lowest BCUT2D eigenvalue weighted by Gasteiger charge is -2.14. The molecule has 2 aromatic carbocycles. The van der Waals surface area contributed by atoms with Crippen molar-refractivity contribution < 1.29 is 13.6 Å². The molecule has 2 nitrogen and oxygen atoms in total. The molecule has 0 heterocycles. The second-order valence-electron chi connectivity index (χ2n) is 4.40. The van der Waals surface area contributed by atoms with Gasteiger partial charge in [-0.1, -0.05) is 23.7 Å². The maximum atomic E-state index is 13.1. The van der Waals surface area contributed by atoms with Gasteiger partial charge in [-0.3, -0.25) is 4.79 Å². The number of carbonyl (C=O) groups excluding carboxylic acids is 1. The number of halogens is 3. The Morgan fingerprint density at radius 3 is 2.20 bits per heavy atom. The fourth-order valence-corrected chi connectivity index (χ4v) is 1.93. The van der Waals surface area contributed by atoms with Gasteiger partial charge in [-0.25, -0.2) is 8.78 Å². The van der Waals surface area contributed by atoms with Crippen LogP contribution in [0.5, 0.6) is 0 Å². The second-order valence-corrected chi connectivity index (χ2v) is 4.84. The van der Waals surface area contributed by atoms with Gasteiger partial charge < -0.3 is 5.32 Å². The summed E-state index contributed by atoms with van der Waals surface area (Å²) in [5, 5.41) is 3.27. The summed E-state index contributed by atoms with van der Waals surface area (Å²) in [5.41, 5.74) is 0.794. The summed E-state index contributed by atoms with van der Waals surface area (Å²) >= 11 is 5.78. The maximum Gasteiger partial charge on any atom is 0.251 e. The van der Waals surface area contributed by atoms with Gasteiger partial charge >= 0.3 is 0 Å². The molecule has 5 heteroatoms. The molecular weight excluding hydrogens is 284 g/mol. The minimum absolute atomic E-state index is 0.0525. The molecule has 0 fully saturated rings. The molecule has 0 aromatic heterocycles. The van der Waals surface area contributed by atoms with Gasteiger partial charge in [0.15, 0.2) is 0 Å². The molecule has 2 rings (SSSR count). The molecule has 0 unspecified atom stereocenters. The Morgan fingerprint density at radius 2 is 1.65 bits per heavy atom. The van der Waals surface area contributed by atoms with Crippen molar-refractivity contribution >= 4 is 17.5 Å². The summed E-state index contributed by atoms with van der Waals surface area (Å²) in [5.74, 6) is -2.10. The van der Waals surface area contributed by atoms with Crippen molar-refractivity contribution in [2.45, 2.75) is 13.0 Å². The first-order valence-electron chi connectivity index (χ1n) is 5.98. The zero-order valence-electron chi connectivity index (χ0n) is 10.7. The molecule has 0 radical (unpaired) electrons. The molecule has 1 atom stereocenters. The predicted molar refractivity (Wildman–Crippen MR) is 73.7 cm³/mol. The molecule has 0 spiro atoms. The molecule has 0 saturated carbocycles. The molecular formula is C15H12ClF2NO. The van der Waals surface area contributed by atoms with E-state index in [0.717, 1.165) is 23.8 Å². The van der Waals surface area contributed by atoms with Crippen molar-refractivity contribution in [2.24, 2.45) is 0 Å². The molecule has 0 aliphatic heterocycles. The van der Waals surface area contributed by atoms with Crippen LogP contribution in [-0.4, -0.2) is 5.91 Å². The highest BCUT2D eigenvalue weighted by Crippen LogP contribution is 2.17. The monoisotopic (exact) mass is 295 g/mol. The van der Waals surface area contributed by atoms with Crippen LogP contribution in [0, 0.1) is 11.6 Å².